The zero-order valence-corrected chi connectivity index (χ0v) is 12.2. The van der Waals surface area contributed by atoms with Crippen LogP contribution in [0.25, 0.3) is 10.8 Å². The Morgan fingerprint density at radius 1 is 1.05 bits per heavy atom. The van der Waals surface area contributed by atoms with Crippen LogP contribution >= 0.6 is 0 Å². The van der Waals surface area contributed by atoms with E-state index in [1.165, 1.54) is 7.05 Å². The molecule has 0 aromatic heterocycles. The molecule has 5 heteroatoms. The summed E-state index contributed by atoms with van der Waals surface area (Å²) in [5.41, 5.74) is 0. The topological polar surface area (TPSA) is 55.8 Å². The second kappa shape index (κ2) is 6.26. The van der Waals surface area contributed by atoms with Gasteiger partial charge in [-0.3, -0.25) is 0 Å². The van der Waals surface area contributed by atoms with Crippen molar-refractivity contribution in [3.8, 4) is 5.75 Å². The molecule has 0 unspecified atom stereocenters. The molecule has 0 saturated carbocycles. The molecule has 0 saturated heterocycles. The molecule has 0 heterocycles. The highest BCUT2D eigenvalue weighted by atomic mass is 16.7. The molecule has 0 fully saturated rings. The van der Waals surface area contributed by atoms with Crippen LogP contribution < -0.4 is 4.74 Å². The second-order valence-electron chi connectivity index (χ2n) is 4.94. The lowest BCUT2D eigenvalue weighted by molar-refractivity contribution is -0.178. The fourth-order valence-electron chi connectivity index (χ4n) is 1.67. The Bertz CT molecular complexity index is 666. The Morgan fingerprint density at radius 3 is 2.38 bits per heavy atom. The van der Waals surface area contributed by atoms with E-state index in [9.17, 15) is 9.59 Å². The minimum absolute atomic E-state index is 0.319. The first kappa shape index (κ1) is 14.8. The van der Waals surface area contributed by atoms with Crippen LogP contribution in [0.3, 0.4) is 0 Å². The molecule has 0 N–H and O–H groups in total. The minimum atomic E-state index is -0.751. The summed E-state index contributed by atoms with van der Waals surface area (Å²) in [6.07, 6.45) is -0.751. The van der Waals surface area contributed by atoms with E-state index in [1.54, 1.807) is 26.0 Å². The van der Waals surface area contributed by atoms with Crippen molar-refractivity contribution in [2.75, 3.05) is 7.05 Å². The first-order chi connectivity index (χ1) is 9.97. The van der Waals surface area contributed by atoms with Gasteiger partial charge < -0.3 is 9.57 Å². The normalized spacial score (nSPS) is 10.5. The number of carbonyl (C=O) groups excluding carboxylic acids is 2. The van der Waals surface area contributed by atoms with Gasteiger partial charge in [0.25, 0.3) is 0 Å². The quantitative estimate of drug-likeness (QED) is 0.794. The Hall–Kier alpha value is -2.56. The van der Waals surface area contributed by atoms with Gasteiger partial charge in [0.2, 0.25) is 0 Å². The van der Waals surface area contributed by atoms with E-state index in [1.807, 2.05) is 30.3 Å². The molecular weight excluding hydrogens is 270 g/mol. The molecule has 1 amide bonds. The van der Waals surface area contributed by atoms with Crippen LogP contribution in [0.2, 0.25) is 0 Å². The van der Waals surface area contributed by atoms with Crippen molar-refractivity contribution in [2.24, 2.45) is 5.92 Å². The van der Waals surface area contributed by atoms with Crippen LogP contribution in [-0.4, -0.2) is 24.2 Å². The van der Waals surface area contributed by atoms with Gasteiger partial charge in [0, 0.05) is 0 Å². The molecule has 21 heavy (non-hydrogen) atoms. The first-order valence-electron chi connectivity index (χ1n) is 6.63. The first-order valence-corrected chi connectivity index (χ1v) is 6.63. The van der Waals surface area contributed by atoms with Gasteiger partial charge in [-0.05, 0) is 22.9 Å². The van der Waals surface area contributed by atoms with Gasteiger partial charge in [0.05, 0.1) is 13.0 Å². The van der Waals surface area contributed by atoms with Crippen molar-refractivity contribution in [1.82, 2.24) is 5.06 Å². The van der Waals surface area contributed by atoms with Crippen molar-refractivity contribution in [3.63, 3.8) is 0 Å². The number of carbonyl (C=O) groups is 2. The smallest absolute Gasteiger partial charge is 0.408 e. The van der Waals surface area contributed by atoms with Crippen molar-refractivity contribution in [1.29, 1.82) is 0 Å². The highest BCUT2D eigenvalue weighted by Crippen LogP contribution is 2.21. The number of hydroxylamine groups is 2. The van der Waals surface area contributed by atoms with E-state index in [0.717, 1.165) is 15.8 Å². The second-order valence-corrected chi connectivity index (χ2v) is 4.94. The highest BCUT2D eigenvalue weighted by molar-refractivity contribution is 5.84. The van der Waals surface area contributed by atoms with Crippen LogP contribution in [0.5, 0.6) is 5.75 Å². The molecule has 0 aliphatic rings. The molecule has 5 nitrogen and oxygen atoms in total. The lowest BCUT2D eigenvalue weighted by atomic mass is 10.1. The summed E-state index contributed by atoms with van der Waals surface area (Å²) in [5.74, 6) is -0.417. The van der Waals surface area contributed by atoms with Crippen LogP contribution in [0, 0.1) is 5.92 Å². The van der Waals surface area contributed by atoms with Gasteiger partial charge in [0.15, 0.2) is 0 Å². The summed E-state index contributed by atoms with van der Waals surface area (Å²) in [4.78, 5) is 28.1. The summed E-state index contributed by atoms with van der Waals surface area (Å²) < 4.78 is 5.17. The van der Waals surface area contributed by atoms with Gasteiger partial charge >= 0.3 is 12.1 Å². The molecule has 0 bridgehead atoms. The minimum Gasteiger partial charge on any atom is -0.408 e. The lowest BCUT2D eigenvalue weighted by Gasteiger charge is -2.17. The Balaban J connectivity index is 2.05. The number of hydrogen-bond donors (Lipinski definition) is 0. The maximum Gasteiger partial charge on any atom is 0.448 e. The third-order valence-corrected chi connectivity index (χ3v) is 2.88. The zero-order valence-electron chi connectivity index (χ0n) is 12.2. The maximum atomic E-state index is 11.8. The lowest BCUT2D eigenvalue weighted by Crippen LogP contribution is -2.33. The molecule has 2 rings (SSSR count). The maximum absolute atomic E-state index is 11.8. The molecular formula is C16H17NO4. The van der Waals surface area contributed by atoms with Crippen molar-refractivity contribution >= 4 is 22.8 Å². The summed E-state index contributed by atoms with van der Waals surface area (Å²) in [6.45, 7) is 3.37. The van der Waals surface area contributed by atoms with Crippen LogP contribution in [0.15, 0.2) is 42.5 Å². The third kappa shape index (κ3) is 3.72. The molecule has 0 spiro atoms. The predicted octanol–water partition coefficient (Wildman–Crippen LogP) is 3.38. The average Bonchev–Trinajstić information content (AvgIpc) is 2.46. The van der Waals surface area contributed by atoms with Crippen LogP contribution in [0.4, 0.5) is 4.79 Å². The Labute approximate surface area is 123 Å². The fourth-order valence-corrected chi connectivity index (χ4v) is 1.67. The number of ether oxygens (including phenoxy) is 1. The van der Waals surface area contributed by atoms with E-state index >= 15 is 0 Å². The molecule has 2 aromatic rings. The molecule has 0 aliphatic heterocycles. The summed E-state index contributed by atoms with van der Waals surface area (Å²) in [7, 11) is 1.34. The predicted molar refractivity (Wildman–Crippen MR) is 78.7 cm³/mol. The number of rotatable bonds is 2. The summed E-state index contributed by atoms with van der Waals surface area (Å²) in [5, 5.41) is 2.80. The van der Waals surface area contributed by atoms with Gasteiger partial charge in [-0.1, -0.05) is 44.2 Å². The fraction of sp³-hybridized carbons (Fsp3) is 0.250. The monoisotopic (exact) mass is 287 g/mol. The van der Waals surface area contributed by atoms with Crippen molar-refractivity contribution in [3.05, 3.63) is 42.5 Å². The van der Waals surface area contributed by atoms with Gasteiger partial charge in [-0.2, -0.15) is 0 Å². The third-order valence-electron chi connectivity index (χ3n) is 2.88. The average molecular weight is 287 g/mol. The molecule has 0 radical (unpaired) electrons. The Kier molecular flexibility index (Phi) is 4.42. The van der Waals surface area contributed by atoms with Crippen molar-refractivity contribution in [2.45, 2.75) is 13.8 Å². The summed E-state index contributed by atoms with van der Waals surface area (Å²) >= 11 is 0. The van der Waals surface area contributed by atoms with Gasteiger partial charge in [-0.15, -0.1) is 5.06 Å². The largest absolute Gasteiger partial charge is 0.448 e. The van der Waals surface area contributed by atoms with E-state index in [2.05, 4.69) is 0 Å². The molecule has 0 aliphatic carbocycles. The molecule has 0 atom stereocenters. The van der Waals surface area contributed by atoms with E-state index < -0.39 is 12.1 Å². The highest BCUT2D eigenvalue weighted by Gasteiger charge is 2.18. The number of hydrogen-bond acceptors (Lipinski definition) is 4. The van der Waals surface area contributed by atoms with Crippen LogP contribution in [-0.2, 0) is 9.63 Å². The summed E-state index contributed by atoms with van der Waals surface area (Å²) in [6, 6.07) is 13.0. The number of amides is 1. The number of fused-ring (bicyclic) bond motifs is 1. The standard InChI is InChI=1S/C16H17NO4/c1-11(2)15(18)21-17(3)16(19)20-14-9-8-12-6-4-5-7-13(12)10-14/h4-11H,1-3H3. The Morgan fingerprint density at radius 2 is 1.71 bits per heavy atom. The number of benzene rings is 2. The van der Waals surface area contributed by atoms with E-state index in [4.69, 9.17) is 9.57 Å². The zero-order chi connectivity index (χ0) is 15.4. The van der Waals surface area contributed by atoms with Gasteiger partial charge in [0.1, 0.15) is 5.75 Å². The van der Waals surface area contributed by atoms with Gasteiger partial charge in [-0.25, -0.2) is 9.59 Å². The molecule has 110 valence electrons. The van der Waals surface area contributed by atoms with Crippen LogP contribution in [0.1, 0.15) is 13.8 Å². The van der Waals surface area contributed by atoms with E-state index in [0.29, 0.717) is 5.75 Å². The van der Waals surface area contributed by atoms with E-state index in [-0.39, 0.29) is 5.92 Å². The number of nitrogens with zero attached hydrogens (tertiary/aromatic N) is 1. The van der Waals surface area contributed by atoms with Crippen molar-refractivity contribution < 1.29 is 19.2 Å². The SMILES string of the molecule is CC(C)C(=O)ON(C)C(=O)Oc1ccc2ccccc2c1. The molecule has 2 aromatic carbocycles.